The monoisotopic (exact) mass is 485 g/mol. The van der Waals surface area contributed by atoms with E-state index in [1.165, 1.54) is 11.8 Å². The number of aryl methyl sites for hydroxylation is 2. The number of nitrogens with zero attached hydrogens (tertiary/aromatic N) is 6. The van der Waals surface area contributed by atoms with Crippen molar-refractivity contribution in [2.75, 3.05) is 25.5 Å². The van der Waals surface area contributed by atoms with Crippen LogP contribution < -0.4 is 5.32 Å². The van der Waals surface area contributed by atoms with Crippen molar-refractivity contribution in [3.8, 4) is 11.3 Å². The lowest BCUT2D eigenvalue weighted by Gasteiger charge is -2.29. The molecule has 0 radical (unpaired) electrons. The smallest absolute Gasteiger partial charge is 0.229 e. The predicted octanol–water partition coefficient (Wildman–Crippen LogP) is 5.79. The normalized spacial score (nSPS) is 18.6. The van der Waals surface area contributed by atoms with E-state index in [1.807, 2.05) is 31.3 Å². The first-order chi connectivity index (χ1) is 17.5. The Morgan fingerprint density at radius 1 is 1.06 bits per heavy atom. The number of hydrogen-bond donors (Lipinski definition) is 1. The number of aromatic nitrogens is 5. The lowest BCUT2D eigenvalue weighted by molar-refractivity contribution is 0.255. The molecule has 0 spiro atoms. The summed E-state index contributed by atoms with van der Waals surface area (Å²) in [7, 11) is 2.17. The third-order valence-corrected chi connectivity index (χ3v) is 7.83. The summed E-state index contributed by atoms with van der Waals surface area (Å²) in [6.45, 7) is 6.47. The zero-order valence-electron chi connectivity index (χ0n) is 21.1. The maximum absolute atomic E-state index is 15.0. The number of benzene rings is 1. The van der Waals surface area contributed by atoms with Crippen LogP contribution in [-0.4, -0.2) is 49.5 Å². The molecular formula is C28H32FN7. The summed E-state index contributed by atoms with van der Waals surface area (Å²) in [6.07, 6.45) is 8.62. The maximum Gasteiger partial charge on any atom is 0.229 e. The first kappa shape index (κ1) is 23.0. The summed E-state index contributed by atoms with van der Waals surface area (Å²) < 4.78 is 17.3. The van der Waals surface area contributed by atoms with Crippen molar-refractivity contribution in [1.29, 1.82) is 0 Å². The Kier molecular flexibility index (Phi) is 5.91. The Morgan fingerprint density at radius 3 is 2.64 bits per heavy atom. The highest BCUT2D eigenvalue weighted by atomic mass is 19.1. The van der Waals surface area contributed by atoms with Crippen LogP contribution >= 0.6 is 0 Å². The largest absolute Gasteiger partial charge is 0.325 e. The maximum atomic E-state index is 15.0. The highest BCUT2D eigenvalue weighted by Crippen LogP contribution is 2.36. The fourth-order valence-corrected chi connectivity index (χ4v) is 5.75. The van der Waals surface area contributed by atoms with Crippen LogP contribution in [0.25, 0.3) is 22.3 Å². The molecule has 2 aliphatic rings. The van der Waals surface area contributed by atoms with Gasteiger partial charge >= 0.3 is 0 Å². The molecule has 0 aliphatic carbocycles. The van der Waals surface area contributed by atoms with Gasteiger partial charge < -0.3 is 14.8 Å². The molecule has 0 bridgehead atoms. The van der Waals surface area contributed by atoms with Crippen molar-refractivity contribution in [3.05, 3.63) is 59.4 Å². The van der Waals surface area contributed by atoms with E-state index in [0.717, 1.165) is 73.2 Å². The Bertz CT molecular complexity index is 1400. The number of anilines is 2. The molecule has 7 nitrogen and oxygen atoms in total. The number of nitrogens with one attached hydrogen (secondary N) is 1. The van der Waals surface area contributed by atoms with Crippen molar-refractivity contribution in [2.24, 2.45) is 0 Å². The first-order valence-electron chi connectivity index (χ1n) is 13.0. The molecule has 8 heteroatoms. The minimum atomic E-state index is -0.446. The fourth-order valence-electron chi connectivity index (χ4n) is 5.75. The molecule has 5 heterocycles. The number of pyridine rings is 1. The summed E-state index contributed by atoms with van der Waals surface area (Å²) >= 11 is 0. The second-order valence-electron chi connectivity index (χ2n) is 10.2. The number of rotatable bonds is 5. The van der Waals surface area contributed by atoms with Crippen LogP contribution in [0.1, 0.15) is 61.5 Å². The van der Waals surface area contributed by atoms with Crippen molar-refractivity contribution < 1.29 is 4.39 Å². The van der Waals surface area contributed by atoms with E-state index in [4.69, 9.17) is 4.98 Å². The van der Waals surface area contributed by atoms with Crippen LogP contribution in [0.4, 0.5) is 16.2 Å². The number of fused-ring (bicyclic) bond motifs is 3. The van der Waals surface area contributed by atoms with E-state index in [-0.39, 0.29) is 5.69 Å². The number of imidazole rings is 1. The summed E-state index contributed by atoms with van der Waals surface area (Å²) in [4.78, 5) is 20.6. The quantitative estimate of drug-likeness (QED) is 0.386. The van der Waals surface area contributed by atoms with E-state index < -0.39 is 5.82 Å². The minimum Gasteiger partial charge on any atom is -0.325 e. The average Bonchev–Trinajstić information content (AvgIpc) is 3.46. The lowest BCUT2D eigenvalue weighted by atomic mass is 9.91. The lowest BCUT2D eigenvalue weighted by Crippen LogP contribution is -2.29. The Balaban J connectivity index is 1.28. The van der Waals surface area contributed by atoms with E-state index in [0.29, 0.717) is 23.7 Å². The van der Waals surface area contributed by atoms with Gasteiger partial charge in [0.1, 0.15) is 17.3 Å². The van der Waals surface area contributed by atoms with Crippen molar-refractivity contribution in [2.45, 2.75) is 57.9 Å². The van der Waals surface area contributed by atoms with Crippen molar-refractivity contribution in [1.82, 2.24) is 29.4 Å². The zero-order valence-corrected chi connectivity index (χ0v) is 21.1. The fraction of sp³-hybridized carbons (Fsp3) is 0.429. The van der Waals surface area contributed by atoms with Gasteiger partial charge in [-0.05, 0) is 88.0 Å². The van der Waals surface area contributed by atoms with Gasteiger partial charge in [-0.2, -0.15) is 0 Å². The van der Waals surface area contributed by atoms with Crippen molar-refractivity contribution in [3.63, 3.8) is 0 Å². The third kappa shape index (κ3) is 4.13. The minimum absolute atomic E-state index is 0.280. The molecule has 1 fully saturated rings. The van der Waals surface area contributed by atoms with Gasteiger partial charge in [-0.3, -0.25) is 0 Å². The van der Waals surface area contributed by atoms with E-state index in [9.17, 15) is 4.39 Å². The van der Waals surface area contributed by atoms with Gasteiger partial charge in [0.25, 0.3) is 0 Å². The molecule has 1 aromatic carbocycles. The topological polar surface area (TPSA) is 71.8 Å². The second kappa shape index (κ2) is 9.24. The first-order valence-corrected chi connectivity index (χ1v) is 13.0. The number of piperidine rings is 1. The van der Waals surface area contributed by atoms with Crippen LogP contribution in [0, 0.1) is 12.7 Å². The molecule has 4 aromatic rings. The molecule has 0 amide bonds. The molecule has 1 saturated heterocycles. The highest BCUT2D eigenvalue weighted by Gasteiger charge is 2.26. The van der Waals surface area contributed by atoms with Crippen LogP contribution in [0.2, 0.25) is 0 Å². The van der Waals surface area contributed by atoms with E-state index in [1.54, 1.807) is 0 Å². The Morgan fingerprint density at radius 2 is 1.89 bits per heavy atom. The van der Waals surface area contributed by atoms with E-state index >= 15 is 0 Å². The van der Waals surface area contributed by atoms with E-state index in [2.05, 4.69) is 49.8 Å². The van der Waals surface area contributed by atoms with Crippen LogP contribution in [-0.2, 0) is 6.42 Å². The third-order valence-electron chi connectivity index (χ3n) is 7.83. The highest BCUT2D eigenvalue weighted by molar-refractivity contribution is 5.85. The van der Waals surface area contributed by atoms with Crippen LogP contribution in [0.15, 0.2) is 36.7 Å². The molecule has 0 saturated carbocycles. The zero-order chi connectivity index (χ0) is 24.8. The average molecular weight is 486 g/mol. The van der Waals surface area contributed by atoms with Gasteiger partial charge in [0.05, 0.1) is 17.2 Å². The predicted molar refractivity (Wildman–Crippen MR) is 140 cm³/mol. The molecule has 1 N–H and O–H groups in total. The van der Waals surface area contributed by atoms with Gasteiger partial charge in [0, 0.05) is 24.2 Å². The molecule has 3 aromatic heterocycles. The van der Waals surface area contributed by atoms with Gasteiger partial charge in [0.15, 0.2) is 5.82 Å². The van der Waals surface area contributed by atoms with Gasteiger partial charge in [-0.25, -0.2) is 24.3 Å². The molecule has 2 aliphatic heterocycles. The molecule has 36 heavy (non-hydrogen) atoms. The van der Waals surface area contributed by atoms with Crippen molar-refractivity contribution >= 4 is 22.8 Å². The Labute approximate surface area is 210 Å². The van der Waals surface area contributed by atoms with Crippen LogP contribution in [0.5, 0.6) is 0 Å². The number of hydrogen-bond acceptors (Lipinski definition) is 6. The summed E-state index contributed by atoms with van der Waals surface area (Å²) in [5.74, 6) is 2.20. The van der Waals surface area contributed by atoms with Gasteiger partial charge in [0.2, 0.25) is 5.95 Å². The summed E-state index contributed by atoms with van der Waals surface area (Å²) in [6, 6.07) is 8.51. The number of halogens is 1. The molecule has 1 unspecified atom stereocenters. The second-order valence-corrected chi connectivity index (χ2v) is 10.2. The number of likely N-dealkylation sites (tertiary alicyclic amines) is 1. The SMILES string of the molecule is CCC1CCc2nc3c(C)cc(-c4nc(Nc5ccc(C6CCN(C)CC6)cn5)ncc4F)cc3n21. The molecule has 6 rings (SSSR count). The van der Waals surface area contributed by atoms with Gasteiger partial charge in [-0.15, -0.1) is 0 Å². The summed E-state index contributed by atoms with van der Waals surface area (Å²) in [5.41, 5.74) is 5.35. The molecular weight excluding hydrogens is 453 g/mol. The van der Waals surface area contributed by atoms with Gasteiger partial charge in [-0.1, -0.05) is 13.0 Å². The summed E-state index contributed by atoms with van der Waals surface area (Å²) in [5, 5.41) is 3.16. The van der Waals surface area contributed by atoms with Crippen LogP contribution in [0.3, 0.4) is 0 Å². The standard InChI is InChI=1S/C28H32FN7/c1-4-21-6-8-25-33-26-17(2)13-20(14-23(26)36(21)25)27-22(29)16-31-28(34-27)32-24-7-5-19(15-30-24)18-9-11-35(3)12-10-18/h5,7,13-16,18,21H,4,6,8-12H2,1-3H3,(H,30,31,32,34). The molecule has 1 atom stereocenters. The Hall–Kier alpha value is -3.39. The molecule has 186 valence electrons.